The van der Waals surface area contributed by atoms with Gasteiger partial charge in [0.15, 0.2) is 0 Å². The lowest BCUT2D eigenvalue weighted by atomic mass is 9.86. The van der Waals surface area contributed by atoms with Gasteiger partial charge in [0.05, 0.1) is 37.7 Å². The minimum Gasteiger partial charge on any atom is -0.474 e. The van der Waals surface area contributed by atoms with Gasteiger partial charge in [-0.25, -0.2) is 9.55 Å². The standard InChI is InChI=1S/C26H30N8O4/c1-31-19(16-29-26(31)34(35)36)17-33-10-9-28-24(33)18-4-6-20(7-5-18)38-25-21-3-2-8-27-22(21)15-23(30-25)32-11-13-37-14-12-32/h2-3,8-10,15-16,18,20H,4-7,11-14,17H2,1H3. The van der Waals surface area contributed by atoms with E-state index in [9.17, 15) is 10.1 Å². The zero-order valence-electron chi connectivity index (χ0n) is 21.3. The van der Waals surface area contributed by atoms with Crippen molar-refractivity contribution < 1.29 is 14.4 Å². The maximum absolute atomic E-state index is 11.2. The van der Waals surface area contributed by atoms with Gasteiger partial charge >= 0.3 is 5.95 Å². The fraction of sp³-hybridized carbons (Fsp3) is 0.462. The van der Waals surface area contributed by atoms with Gasteiger partial charge in [-0.05, 0) is 42.7 Å². The molecule has 0 bridgehead atoms. The third-order valence-corrected chi connectivity index (χ3v) is 7.51. The number of fused-ring (bicyclic) bond motifs is 1. The first-order valence-electron chi connectivity index (χ1n) is 13.0. The van der Waals surface area contributed by atoms with Crippen LogP contribution < -0.4 is 9.64 Å². The fourth-order valence-corrected chi connectivity index (χ4v) is 5.41. The molecular weight excluding hydrogens is 488 g/mol. The minimum atomic E-state index is -0.468. The Balaban J connectivity index is 1.15. The molecule has 1 aliphatic carbocycles. The molecule has 0 aromatic carbocycles. The molecule has 4 aromatic rings. The molecule has 6 rings (SSSR count). The molecular formula is C26H30N8O4. The molecule has 198 valence electrons. The predicted octanol–water partition coefficient (Wildman–Crippen LogP) is 3.46. The van der Waals surface area contributed by atoms with Crippen LogP contribution in [0.5, 0.6) is 5.88 Å². The molecule has 1 saturated carbocycles. The summed E-state index contributed by atoms with van der Waals surface area (Å²) in [6.07, 6.45) is 10.8. The van der Waals surface area contributed by atoms with Crippen LogP contribution >= 0.6 is 0 Å². The van der Waals surface area contributed by atoms with Crippen LogP contribution in [0, 0.1) is 10.1 Å². The van der Waals surface area contributed by atoms with Gasteiger partial charge in [-0.3, -0.25) is 4.98 Å². The maximum atomic E-state index is 11.2. The number of rotatable bonds is 7. The van der Waals surface area contributed by atoms with E-state index in [-0.39, 0.29) is 12.1 Å². The summed E-state index contributed by atoms with van der Waals surface area (Å²) < 4.78 is 15.6. The maximum Gasteiger partial charge on any atom is 0.434 e. The highest BCUT2D eigenvalue weighted by atomic mass is 16.6. The second-order valence-corrected chi connectivity index (χ2v) is 9.83. The van der Waals surface area contributed by atoms with Gasteiger partial charge in [-0.15, -0.1) is 0 Å². The first kappa shape index (κ1) is 24.3. The van der Waals surface area contributed by atoms with E-state index in [1.54, 1.807) is 25.6 Å². The normalized spacial score (nSPS) is 20.1. The SMILES string of the molecule is Cn1c(Cn2ccnc2C2CCC(Oc3nc(N4CCOCC4)cc4ncccc34)CC2)cnc1[N+](=O)[O-]. The number of morpholine rings is 1. The van der Waals surface area contributed by atoms with Crippen molar-refractivity contribution in [3.8, 4) is 5.88 Å². The van der Waals surface area contributed by atoms with E-state index in [1.165, 1.54) is 4.57 Å². The van der Waals surface area contributed by atoms with Crippen LogP contribution in [0.4, 0.5) is 11.8 Å². The Kier molecular flexibility index (Phi) is 6.62. The number of hydrogen-bond acceptors (Lipinski definition) is 9. The van der Waals surface area contributed by atoms with E-state index in [2.05, 4.69) is 24.4 Å². The van der Waals surface area contributed by atoms with Crippen LogP contribution in [-0.4, -0.2) is 66.4 Å². The smallest absolute Gasteiger partial charge is 0.434 e. The molecule has 12 heteroatoms. The first-order valence-corrected chi connectivity index (χ1v) is 13.0. The van der Waals surface area contributed by atoms with Crippen molar-refractivity contribution in [2.75, 3.05) is 31.2 Å². The number of ether oxygens (including phenoxy) is 2. The van der Waals surface area contributed by atoms with Gasteiger partial charge in [0.25, 0.3) is 0 Å². The minimum absolute atomic E-state index is 0.0604. The summed E-state index contributed by atoms with van der Waals surface area (Å²) in [6, 6.07) is 5.96. The number of nitro groups is 1. The lowest BCUT2D eigenvalue weighted by Gasteiger charge is -2.30. The summed E-state index contributed by atoms with van der Waals surface area (Å²) in [5.41, 5.74) is 1.64. The van der Waals surface area contributed by atoms with Crippen molar-refractivity contribution in [1.82, 2.24) is 29.1 Å². The second-order valence-electron chi connectivity index (χ2n) is 9.83. The van der Waals surface area contributed by atoms with Crippen molar-refractivity contribution in [1.29, 1.82) is 0 Å². The monoisotopic (exact) mass is 518 g/mol. The topological polar surface area (TPSA) is 126 Å². The van der Waals surface area contributed by atoms with Crippen LogP contribution in [0.3, 0.4) is 0 Å². The van der Waals surface area contributed by atoms with E-state index in [1.807, 2.05) is 24.4 Å². The number of hydrogen-bond donors (Lipinski definition) is 0. The van der Waals surface area contributed by atoms with Gasteiger partial charge in [0.2, 0.25) is 5.88 Å². The largest absolute Gasteiger partial charge is 0.474 e. The zero-order valence-corrected chi connectivity index (χ0v) is 21.3. The van der Waals surface area contributed by atoms with Gasteiger partial charge in [0, 0.05) is 43.7 Å². The molecule has 0 radical (unpaired) electrons. The van der Waals surface area contributed by atoms with Gasteiger partial charge in [-0.2, -0.15) is 4.98 Å². The van der Waals surface area contributed by atoms with E-state index >= 15 is 0 Å². The van der Waals surface area contributed by atoms with Crippen LogP contribution in [0.2, 0.25) is 0 Å². The summed E-state index contributed by atoms with van der Waals surface area (Å²) in [7, 11) is 1.67. The van der Waals surface area contributed by atoms with Crippen LogP contribution in [0.1, 0.15) is 43.1 Å². The van der Waals surface area contributed by atoms with E-state index in [0.717, 1.165) is 67.0 Å². The Hall–Kier alpha value is -4.06. The third-order valence-electron chi connectivity index (χ3n) is 7.51. The van der Waals surface area contributed by atoms with Gasteiger partial charge < -0.3 is 29.1 Å². The quantitative estimate of drug-likeness (QED) is 0.267. The molecule has 1 saturated heterocycles. The summed E-state index contributed by atoms with van der Waals surface area (Å²) in [5.74, 6) is 2.64. The lowest BCUT2D eigenvalue weighted by Crippen LogP contribution is -2.36. The zero-order chi connectivity index (χ0) is 26.1. The average molecular weight is 519 g/mol. The lowest BCUT2D eigenvalue weighted by molar-refractivity contribution is -0.396. The van der Waals surface area contributed by atoms with Crippen LogP contribution in [0.25, 0.3) is 10.9 Å². The van der Waals surface area contributed by atoms with Crippen LogP contribution in [0.15, 0.2) is 43.0 Å². The van der Waals surface area contributed by atoms with E-state index < -0.39 is 4.92 Å². The molecule has 38 heavy (non-hydrogen) atoms. The highest BCUT2D eigenvalue weighted by molar-refractivity contribution is 5.85. The Bertz CT molecular complexity index is 1440. The van der Waals surface area contributed by atoms with Gasteiger partial charge in [-0.1, -0.05) is 4.98 Å². The Morgan fingerprint density at radius 2 is 1.95 bits per heavy atom. The number of aromatic nitrogens is 6. The van der Waals surface area contributed by atoms with Gasteiger partial charge in [0.1, 0.15) is 29.6 Å². The molecule has 4 aromatic heterocycles. The first-order chi connectivity index (χ1) is 18.6. The summed E-state index contributed by atoms with van der Waals surface area (Å²) >= 11 is 0. The molecule has 12 nitrogen and oxygen atoms in total. The van der Waals surface area contributed by atoms with Crippen molar-refractivity contribution in [3.63, 3.8) is 0 Å². The number of anilines is 1. The highest BCUT2D eigenvalue weighted by Gasteiger charge is 2.28. The molecule has 0 N–H and O–H groups in total. The number of imidazole rings is 2. The van der Waals surface area contributed by atoms with Crippen molar-refractivity contribution in [2.24, 2.45) is 7.05 Å². The molecule has 2 fully saturated rings. The Labute approximate surface area is 219 Å². The van der Waals surface area contributed by atoms with Crippen molar-refractivity contribution >= 4 is 22.7 Å². The van der Waals surface area contributed by atoms with E-state index in [0.29, 0.717) is 31.6 Å². The molecule has 0 atom stereocenters. The molecule has 2 aliphatic rings. The molecule has 0 unspecified atom stereocenters. The fourth-order valence-electron chi connectivity index (χ4n) is 5.41. The predicted molar refractivity (Wildman–Crippen MR) is 139 cm³/mol. The van der Waals surface area contributed by atoms with Crippen molar-refractivity contribution in [2.45, 2.75) is 44.2 Å². The Morgan fingerprint density at radius 3 is 2.71 bits per heavy atom. The number of pyridine rings is 2. The number of nitrogens with zero attached hydrogens (tertiary/aromatic N) is 8. The summed E-state index contributed by atoms with van der Waals surface area (Å²) in [6.45, 7) is 3.47. The summed E-state index contributed by atoms with van der Waals surface area (Å²) in [5, 5.41) is 12.1. The Morgan fingerprint density at radius 1 is 1.13 bits per heavy atom. The van der Waals surface area contributed by atoms with Crippen molar-refractivity contribution in [3.05, 3.63) is 64.6 Å². The van der Waals surface area contributed by atoms with E-state index in [4.69, 9.17) is 14.5 Å². The highest BCUT2D eigenvalue weighted by Crippen LogP contribution is 2.36. The summed E-state index contributed by atoms with van der Waals surface area (Å²) in [4.78, 5) is 31.0. The average Bonchev–Trinajstić information content (AvgIpc) is 3.56. The van der Waals surface area contributed by atoms with Crippen LogP contribution in [-0.2, 0) is 18.3 Å². The molecule has 0 amide bonds. The third kappa shape index (κ3) is 4.78. The second kappa shape index (κ2) is 10.4. The molecule has 1 aliphatic heterocycles. The molecule has 0 spiro atoms. The molecule has 5 heterocycles.